The molecule has 0 aliphatic rings. The molecule has 0 radical (unpaired) electrons. The lowest BCUT2D eigenvalue weighted by molar-refractivity contribution is -0.388. The fourth-order valence-corrected chi connectivity index (χ4v) is 0.821. The van der Waals surface area contributed by atoms with Crippen molar-refractivity contribution in [1.29, 1.82) is 0 Å². The molecule has 0 amide bonds. The first-order valence-corrected chi connectivity index (χ1v) is 3.16. The van der Waals surface area contributed by atoms with E-state index in [4.69, 9.17) is 0 Å². The van der Waals surface area contributed by atoms with Gasteiger partial charge in [0.05, 0.1) is 0 Å². The summed E-state index contributed by atoms with van der Waals surface area (Å²) in [6, 6.07) is 2.09. The van der Waals surface area contributed by atoms with Crippen molar-refractivity contribution in [3.63, 3.8) is 0 Å². The van der Waals surface area contributed by atoms with Crippen LogP contribution < -0.4 is 4.98 Å². The smallest absolute Gasteiger partial charge is 0.179 e. The van der Waals surface area contributed by atoms with Gasteiger partial charge in [-0.15, -0.1) is 0 Å². The Bertz CT molecular complexity index is 196. The maximum absolute atomic E-state index is 3.14. The Morgan fingerprint density at radius 1 is 1.22 bits per heavy atom. The number of aromatic amines is 1. The van der Waals surface area contributed by atoms with E-state index >= 15 is 0 Å². The number of hydrogen-bond donors (Lipinski definition) is 0. The first-order chi connectivity index (χ1) is 4.22. The van der Waals surface area contributed by atoms with Gasteiger partial charge in [-0.1, -0.05) is 0 Å². The van der Waals surface area contributed by atoms with E-state index < -0.39 is 0 Å². The van der Waals surface area contributed by atoms with Gasteiger partial charge in [0.15, 0.2) is 11.9 Å². The summed E-state index contributed by atoms with van der Waals surface area (Å²) in [5, 5.41) is 0. The minimum atomic E-state index is 1.26. The molecule has 1 heteroatoms. The minimum absolute atomic E-state index is 1.26. The van der Waals surface area contributed by atoms with Gasteiger partial charge in [-0.25, -0.2) is 4.98 Å². The Morgan fingerprint density at radius 3 is 2.33 bits per heavy atom. The molecule has 1 aromatic heterocycles. The summed E-state index contributed by atoms with van der Waals surface area (Å²) in [5.74, 6) is 0. The maximum Gasteiger partial charge on any atom is 0.179 e. The standard InChI is InChI=1S/C8H11N/c1-6-4-5-9-8(3)7(6)2/h4-5H,1-3H3/p+1. The highest BCUT2D eigenvalue weighted by atomic mass is 14.7. The second kappa shape index (κ2) is 2.18. The summed E-state index contributed by atoms with van der Waals surface area (Å²) in [7, 11) is 0. The molecule has 0 atom stereocenters. The third-order valence-electron chi connectivity index (χ3n) is 1.79. The van der Waals surface area contributed by atoms with Gasteiger partial charge in [-0.2, -0.15) is 0 Å². The van der Waals surface area contributed by atoms with Crippen LogP contribution in [-0.2, 0) is 0 Å². The second-order valence-electron chi connectivity index (χ2n) is 2.41. The predicted molar refractivity (Wildman–Crippen MR) is 37.2 cm³/mol. The number of rotatable bonds is 0. The largest absolute Gasteiger partial charge is 0.215 e. The topological polar surface area (TPSA) is 14.1 Å². The Labute approximate surface area is 55.7 Å². The van der Waals surface area contributed by atoms with Crippen LogP contribution in [0.3, 0.4) is 0 Å². The molecule has 0 unspecified atom stereocenters. The number of pyridine rings is 1. The first kappa shape index (κ1) is 6.27. The predicted octanol–water partition coefficient (Wildman–Crippen LogP) is 1.43. The average Bonchev–Trinajstić information content (AvgIpc) is 1.83. The van der Waals surface area contributed by atoms with Crippen LogP contribution in [0.2, 0.25) is 0 Å². The Hall–Kier alpha value is -0.850. The van der Waals surface area contributed by atoms with E-state index in [9.17, 15) is 0 Å². The third kappa shape index (κ3) is 1.10. The SMILES string of the molecule is Cc1cc[nH+]c(C)c1C. The first-order valence-electron chi connectivity index (χ1n) is 3.16. The van der Waals surface area contributed by atoms with Crippen LogP contribution in [0.4, 0.5) is 0 Å². The van der Waals surface area contributed by atoms with Crippen molar-refractivity contribution >= 4 is 0 Å². The third-order valence-corrected chi connectivity index (χ3v) is 1.79. The molecule has 0 saturated heterocycles. The molecule has 1 N–H and O–H groups in total. The molecule has 0 aliphatic heterocycles. The van der Waals surface area contributed by atoms with Crippen molar-refractivity contribution in [2.45, 2.75) is 20.8 Å². The lowest BCUT2D eigenvalue weighted by Gasteiger charge is -1.94. The highest BCUT2D eigenvalue weighted by Crippen LogP contribution is 2.04. The molecule has 0 spiro atoms. The molecular weight excluding hydrogens is 110 g/mol. The summed E-state index contributed by atoms with van der Waals surface area (Å²) >= 11 is 0. The Kier molecular flexibility index (Phi) is 1.52. The van der Waals surface area contributed by atoms with E-state index in [2.05, 4.69) is 31.8 Å². The van der Waals surface area contributed by atoms with E-state index in [1.165, 1.54) is 16.8 Å². The zero-order valence-electron chi connectivity index (χ0n) is 6.15. The molecule has 0 bridgehead atoms. The van der Waals surface area contributed by atoms with Crippen molar-refractivity contribution in [2.24, 2.45) is 0 Å². The minimum Gasteiger partial charge on any atom is -0.215 e. The lowest BCUT2D eigenvalue weighted by atomic mass is 10.1. The fraction of sp³-hybridized carbons (Fsp3) is 0.375. The molecule has 0 aromatic carbocycles. The highest BCUT2D eigenvalue weighted by Gasteiger charge is 1.99. The number of hydrogen-bond acceptors (Lipinski definition) is 0. The normalized spacial score (nSPS) is 9.67. The molecule has 0 saturated carbocycles. The molecule has 1 aromatic rings. The van der Waals surface area contributed by atoms with Crippen LogP contribution in [0, 0.1) is 20.8 Å². The van der Waals surface area contributed by atoms with Crippen LogP contribution in [-0.4, -0.2) is 0 Å². The molecule has 0 aliphatic carbocycles. The van der Waals surface area contributed by atoms with Gasteiger partial charge in [0.25, 0.3) is 0 Å². The Balaban J connectivity index is 3.25. The van der Waals surface area contributed by atoms with Crippen LogP contribution in [0.5, 0.6) is 0 Å². The van der Waals surface area contributed by atoms with Gasteiger partial charge in [0.2, 0.25) is 0 Å². The van der Waals surface area contributed by atoms with Crippen molar-refractivity contribution in [1.82, 2.24) is 0 Å². The van der Waals surface area contributed by atoms with Crippen LogP contribution in [0.15, 0.2) is 12.3 Å². The van der Waals surface area contributed by atoms with Gasteiger partial charge in [0, 0.05) is 18.6 Å². The summed E-state index contributed by atoms with van der Waals surface area (Å²) in [5.41, 5.74) is 3.97. The molecule has 1 nitrogen and oxygen atoms in total. The van der Waals surface area contributed by atoms with Gasteiger partial charge < -0.3 is 0 Å². The van der Waals surface area contributed by atoms with Crippen molar-refractivity contribution < 1.29 is 4.98 Å². The molecular formula is C8H12N+. The van der Waals surface area contributed by atoms with Crippen LogP contribution >= 0.6 is 0 Å². The van der Waals surface area contributed by atoms with Crippen LogP contribution in [0.1, 0.15) is 16.8 Å². The zero-order chi connectivity index (χ0) is 6.85. The monoisotopic (exact) mass is 122 g/mol. The summed E-state index contributed by atoms with van der Waals surface area (Å²) in [4.78, 5) is 3.14. The Morgan fingerprint density at radius 2 is 1.89 bits per heavy atom. The molecule has 48 valence electrons. The summed E-state index contributed by atoms with van der Waals surface area (Å²) in [6.07, 6.45) is 1.97. The van der Waals surface area contributed by atoms with E-state index in [-0.39, 0.29) is 0 Å². The average molecular weight is 122 g/mol. The van der Waals surface area contributed by atoms with Crippen molar-refractivity contribution in [3.8, 4) is 0 Å². The molecule has 1 heterocycles. The van der Waals surface area contributed by atoms with Crippen molar-refractivity contribution in [3.05, 3.63) is 29.1 Å². The quantitative estimate of drug-likeness (QED) is 0.494. The number of H-pyrrole nitrogens is 1. The van der Waals surface area contributed by atoms with E-state index in [1.807, 2.05) is 6.20 Å². The van der Waals surface area contributed by atoms with Gasteiger partial charge in [0.1, 0.15) is 0 Å². The zero-order valence-corrected chi connectivity index (χ0v) is 6.15. The number of aryl methyl sites for hydroxylation is 2. The fourth-order valence-electron chi connectivity index (χ4n) is 0.821. The van der Waals surface area contributed by atoms with Gasteiger partial charge >= 0.3 is 0 Å². The summed E-state index contributed by atoms with van der Waals surface area (Å²) < 4.78 is 0. The molecule has 0 fully saturated rings. The summed E-state index contributed by atoms with van der Waals surface area (Å²) in [6.45, 7) is 6.33. The van der Waals surface area contributed by atoms with Crippen molar-refractivity contribution in [2.75, 3.05) is 0 Å². The van der Waals surface area contributed by atoms with E-state index in [0.717, 1.165) is 0 Å². The lowest BCUT2D eigenvalue weighted by Crippen LogP contribution is -2.08. The van der Waals surface area contributed by atoms with Gasteiger partial charge in [-0.05, 0) is 19.4 Å². The highest BCUT2D eigenvalue weighted by molar-refractivity contribution is 5.22. The van der Waals surface area contributed by atoms with Gasteiger partial charge in [-0.3, -0.25) is 0 Å². The second-order valence-corrected chi connectivity index (χ2v) is 2.41. The molecule has 9 heavy (non-hydrogen) atoms. The van der Waals surface area contributed by atoms with Crippen LogP contribution in [0.25, 0.3) is 0 Å². The van der Waals surface area contributed by atoms with E-state index in [1.54, 1.807) is 0 Å². The molecule has 1 rings (SSSR count). The number of aromatic nitrogens is 1. The number of nitrogens with one attached hydrogen (secondary N) is 1. The van der Waals surface area contributed by atoms with E-state index in [0.29, 0.717) is 0 Å². The maximum atomic E-state index is 3.14.